The van der Waals surface area contributed by atoms with E-state index in [0.29, 0.717) is 5.56 Å². The topological polar surface area (TPSA) is 20.3 Å². The highest BCUT2D eigenvalue weighted by Gasteiger charge is 2.06. The molecule has 0 aliphatic rings. The predicted molar refractivity (Wildman–Crippen MR) is 75.2 cm³/mol. The van der Waals surface area contributed by atoms with Gasteiger partial charge in [-0.2, -0.15) is 0 Å². The van der Waals surface area contributed by atoms with Crippen LogP contribution in [0, 0.1) is 0 Å². The van der Waals surface area contributed by atoms with E-state index in [1.54, 1.807) is 17.8 Å². The number of hydrogen-bond acceptors (Lipinski definition) is 3. The van der Waals surface area contributed by atoms with Gasteiger partial charge in [-0.1, -0.05) is 36.4 Å². The Bertz CT molecular complexity index is 411. The van der Waals surface area contributed by atoms with Crippen LogP contribution in [0.3, 0.4) is 0 Å². The second-order valence-electron chi connectivity index (χ2n) is 3.59. The van der Waals surface area contributed by atoms with Crippen molar-refractivity contribution in [3.8, 4) is 0 Å². The molecule has 0 aliphatic carbocycles. The van der Waals surface area contributed by atoms with Crippen LogP contribution in [0.25, 0.3) is 0 Å². The van der Waals surface area contributed by atoms with Crippen molar-refractivity contribution in [3.63, 3.8) is 0 Å². The quantitative estimate of drug-likeness (QED) is 0.437. The van der Waals surface area contributed by atoms with E-state index in [9.17, 15) is 4.79 Å². The smallest absolute Gasteiger partial charge is 0.188 e. The number of hydrogen-bond donors (Lipinski definition) is 0. The summed E-state index contributed by atoms with van der Waals surface area (Å²) >= 11 is 1.56. The molecule has 0 fully saturated rings. The van der Waals surface area contributed by atoms with Crippen LogP contribution in [0.2, 0.25) is 0 Å². The van der Waals surface area contributed by atoms with Gasteiger partial charge in [-0.05, 0) is 6.26 Å². The molecule has 17 heavy (non-hydrogen) atoms. The van der Waals surface area contributed by atoms with Crippen LogP contribution in [0.4, 0.5) is 0 Å². The van der Waals surface area contributed by atoms with Crippen LogP contribution >= 0.6 is 11.8 Å². The second-order valence-corrected chi connectivity index (χ2v) is 4.41. The summed E-state index contributed by atoms with van der Waals surface area (Å²) < 4.78 is 0. The molecule has 1 aromatic carbocycles. The molecule has 0 N–H and O–H groups in total. The summed E-state index contributed by atoms with van der Waals surface area (Å²) in [6, 6.07) is 9.29. The molecule has 0 unspecified atom stereocenters. The Labute approximate surface area is 107 Å². The van der Waals surface area contributed by atoms with Crippen LogP contribution in [-0.2, 0) is 0 Å². The van der Waals surface area contributed by atoms with Gasteiger partial charge in [-0.15, -0.1) is 18.3 Å². The van der Waals surface area contributed by atoms with Gasteiger partial charge in [0, 0.05) is 25.2 Å². The third-order valence-corrected chi connectivity index (χ3v) is 3.15. The number of allylic oxidation sites excluding steroid dienone is 1. The van der Waals surface area contributed by atoms with E-state index < -0.39 is 0 Å². The number of thioether (sulfide) groups is 1. The first-order chi connectivity index (χ1) is 8.19. The normalized spacial score (nSPS) is 11.1. The fraction of sp³-hybridized carbons (Fsp3) is 0.214. The minimum Gasteiger partial charge on any atom is -0.366 e. The standard InChI is InChI=1S/C14H17NOS/c1-4-10-15(2)14(17-3)11-13(16)12-8-6-5-7-9-12/h4-9,11H,1,10H2,2-3H3/b14-11-. The van der Waals surface area contributed by atoms with Crippen molar-refractivity contribution in [2.24, 2.45) is 0 Å². The molecule has 0 spiro atoms. The van der Waals surface area contributed by atoms with Gasteiger partial charge >= 0.3 is 0 Å². The maximum Gasteiger partial charge on any atom is 0.188 e. The fourth-order valence-corrected chi connectivity index (χ4v) is 2.02. The van der Waals surface area contributed by atoms with E-state index in [0.717, 1.165) is 11.6 Å². The minimum absolute atomic E-state index is 0.0332. The zero-order valence-electron chi connectivity index (χ0n) is 10.2. The molecule has 90 valence electrons. The molecule has 0 aliphatic heterocycles. The SMILES string of the molecule is C=CCN(C)/C(=C/C(=O)c1ccccc1)SC. The van der Waals surface area contributed by atoms with Crippen molar-refractivity contribution < 1.29 is 4.79 Å². The molecular formula is C14H17NOS. The van der Waals surface area contributed by atoms with E-state index in [1.807, 2.05) is 54.6 Å². The van der Waals surface area contributed by atoms with E-state index in [2.05, 4.69) is 6.58 Å². The highest BCUT2D eigenvalue weighted by molar-refractivity contribution is 8.02. The lowest BCUT2D eigenvalue weighted by atomic mass is 10.1. The zero-order chi connectivity index (χ0) is 12.7. The summed E-state index contributed by atoms with van der Waals surface area (Å²) in [4.78, 5) is 14.0. The van der Waals surface area contributed by atoms with Crippen LogP contribution in [0.15, 0.2) is 54.1 Å². The lowest BCUT2D eigenvalue weighted by Crippen LogP contribution is -2.16. The van der Waals surface area contributed by atoms with Crippen molar-refractivity contribution in [2.75, 3.05) is 19.8 Å². The largest absolute Gasteiger partial charge is 0.366 e. The molecule has 0 radical (unpaired) electrons. The van der Waals surface area contributed by atoms with E-state index in [-0.39, 0.29) is 5.78 Å². The number of ketones is 1. The molecule has 0 heterocycles. The first kappa shape index (κ1) is 13.6. The molecule has 0 atom stereocenters. The van der Waals surface area contributed by atoms with Gasteiger partial charge < -0.3 is 4.90 Å². The van der Waals surface area contributed by atoms with Gasteiger partial charge in [0.15, 0.2) is 5.78 Å². The maximum absolute atomic E-state index is 12.0. The van der Waals surface area contributed by atoms with Gasteiger partial charge in [0.25, 0.3) is 0 Å². The minimum atomic E-state index is 0.0332. The number of likely N-dealkylation sites (N-methyl/N-ethyl adjacent to an activating group) is 1. The first-order valence-corrected chi connectivity index (χ1v) is 6.58. The van der Waals surface area contributed by atoms with Crippen LogP contribution in [-0.4, -0.2) is 30.5 Å². The van der Waals surface area contributed by atoms with E-state index in [4.69, 9.17) is 0 Å². The summed E-state index contributed by atoms with van der Waals surface area (Å²) in [5, 5.41) is 0.943. The Morgan fingerprint density at radius 3 is 2.59 bits per heavy atom. The molecule has 0 amide bonds. The van der Waals surface area contributed by atoms with Crippen molar-refractivity contribution in [3.05, 3.63) is 59.7 Å². The van der Waals surface area contributed by atoms with Gasteiger partial charge in [0.1, 0.15) is 0 Å². The molecule has 0 aromatic heterocycles. The highest BCUT2D eigenvalue weighted by atomic mass is 32.2. The van der Waals surface area contributed by atoms with E-state index in [1.165, 1.54) is 0 Å². The monoisotopic (exact) mass is 247 g/mol. The molecule has 2 nitrogen and oxygen atoms in total. The summed E-state index contributed by atoms with van der Waals surface area (Å²) in [5.74, 6) is 0.0332. The van der Waals surface area contributed by atoms with Crippen LogP contribution < -0.4 is 0 Å². The summed E-state index contributed by atoms with van der Waals surface area (Å²) in [6.45, 7) is 4.42. The Balaban J connectivity index is 2.85. The average Bonchev–Trinajstić information content (AvgIpc) is 2.37. The molecule has 0 bridgehead atoms. The third-order valence-electron chi connectivity index (χ3n) is 2.30. The Morgan fingerprint density at radius 1 is 1.41 bits per heavy atom. The third kappa shape index (κ3) is 4.11. The predicted octanol–water partition coefficient (Wildman–Crippen LogP) is 3.19. The first-order valence-electron chi connectivity index (χ1n) is 5.36. The molecule has 0 saturated carbocycles. The Morgan fingerprint density at radius 2 is 2.06 bits per heavy atom. The molecule has 1 aromatic rings. The van der Waals surface area contributed by atoms with Crippen molar-refractivity contribution in [1.29, 1.82) is 0 Å². The number of carbonyl (C=O) groups excluding carboxylic acids is 1. The van der Waals surface area contributed by atoms with Crippen LogP contribution in [0.1, 0.15) is 10.4 Å². The Hall–Kier alpha value is -1.48. The number of carbonyl (C=O) groups is 1. The van der Waals surface area contributed by atoms with Crippen LogP contribution in [0.5, 0.6) is 0 Å². The van der Waals surface area contributed by atoms with Gasteiger partial charge in [-0.3, -0.25) is 4.79 Å². The summed E-state index contributed by atoms with van der Waals surface area (Å²) in [5.41, 5.74) is 0.714. The van der Waals surface area contributed by atoms with Gasteiger partial charge in [0.05, 0.1) is 5.03 Å². The van der Waals surface area contributed by atoms with Crippen molar-refractivity contribution in [2.45, 2.75) is 0 Å². The average molecular weight is 247 g/mol. The lowest BCUT2D eigenvalue weighted by Gasteiger charge is -2.18. The zero-order valence-corrected chi connectivity index (χ0v) is 11.0. The summed E-state index contributed by atoms with van der Waals surface area (Å²) in [6.07, 6.45) is 5.45. The van der Waals surface area contributed by atoms with Gasteiger partial charge in [0.2, 0.25) is 0 Å². The van der Waals surface area contributed by atoms with Crippen molar-refractivity contribution in [1.82, 2.24) is 4.90 Å². The number of nitrogens with zero attached hydrogens (tertiary/aromatic N) is 1. The maximum atomic E-state index is 12.0. The highest BCUT2D eigenvalue weighted by Crippen LogP contribution is 2.16. The molecule has 0 saturated heterocycles. The molecule has 3 heteroatoms. The number of benzene rings is 1. The van der Waals surface area contributed by atoms with Gasteiger partial charge in [-0.25, -0.2) is 0 Å². The molecular weight excluding hydrogens is 230 g/mol. The summed E-state index contributed by atoms with van der Waals surface area (Å²) in [7, 11) is 1.95. The van der Waals surface area contributed by atoms with E-state index >= 15 is 0 Å². The Kier molecular flexibility index (Phi) is 5.57. The molecule has 1 rings (SSSR count). The number of rotatable bonds is 6. The lowest BCUT2D eigenvalue weighted by molar-refractivity contribution is 0.104. The second kappa shape index (κ2) is 6.97. The fourth-order valence-electron chi connectivity index (χ4n) is 1.41. The van der Waals surface area contributed by atoms with Crippen molar-refractivity contribution >= 4 is 17.5 Å².